The number of hydrogen-bond donors (Lipinski definition) is 2. The molecule has 0 spiro atoms. The molecule has 0 aliphatic carbocycles. The number of benzene rings is 1. The van der Waals surface area contributed by atoms with Crippen molar-refractivity contribution in [2.75, 3.05) is 57.7 Å². The summed E-state index contributed by atoms with van der Waals surface area (Å²) in [5.74, 6) is -0.0384. The van der Waals surface area contributed by atoms with Crippen LogP contribution in [0.25, 0.3) is 28.2 Å². The lowest BCUT2D eigenvalue weighted by Gasteiger charge is -2.26. The van der Waals surface area contributed by atoms with Crippen LogP contribution in [0, 0.1) is 0 Å². The first-order valence-electron chi connectivity index (χ1n) is 15.2. The third-order valence-corrected chi connectivity index (χ3v) is 8.06. The highest BCUT2D eigenvalue weighted by atomic mass is 16.1. The molecule has 7 heteroatoms. The molecule has 2 N–H and O–H groups in total. The molecule has 7 nitrogen and oxygen atoms in total. The highest BCUT2D eigenvalue weighted by Crippen LogP contribution is 2.28. The number of fused-ring (bicyclic) bond motifs is 1. The smallest absolute Gasteiger partial charge is 0.243 e. The number of likely N-dealkylation sites (tertiary alicyclic amines) is 2. The van der Waals surface area contributed by atoms with Crippen molar-refractivity contribution >= 4 is 28.6 Å². The summed E-state index contributed by atoms with van der Waals surface area (Å²) in [5, 5.41) is 7.72. The second-order valence-electron chi connectivity index (χ2n) is 11.1. The summed E-state index contributed by atoms with van der Waals surface area (Å²) >= 11 is 0. The summed E-state index contributed by atoms with van der Waals surface area (Å²) in [7, 11) is 0. The molecule has 3 aromatic rings. The summed E-state index contributed by atoms with van der Waals surface area (Å²) in [6, 6.07) is 12.3. The fourth-order valence-corrected chi connectivity index (χ4v) is 5.76. The third-order valence-electron chi connectivity index (χ3n) is 8.06. The van der Waals surface area contributed by atoms with Crippen molar-refractivity contribution in [2.45, 2.75) is 51.4 Å². The van der Waals surface area contributed by atoms with Crippen LogP contribution < -0.4 is 10.6 Å². The van der Waals surface area contributed by atoms with Crippen LogP contribution in [0.3, 0.4) is 0 Å². The molecule has 5 rings (SSSR count). The molecule has 212 valence electrons. The Bertz CT molecular complexity index is 1250. The molecule has 2 aromatic heterocycles. The Morgan fingerprint density at radius 3 is 2.23 bits per heavy atom. The highest BCUT2D eigenvalue weighted by Gasteiger charge is 2.11. The number of nitrogens with zero attached hydrogens (tertiary/aromatic N) is 4. The first-order chi connectivity index (χ1) is 19.7. The average molecular weight is 541 g/mol. The van der Waals surface area contributed by atoms with Crippen LogP contribution in [0.5, 0.6) is 0 Å². The van der Waals surface area contributed by atoms with E-state index in [4.69, 9.17) is 4.98 Å². The quantitative estimate of drug-likeness (QED) is 0.231. The van der Waals surface area contributed by atoms with Gasteiger partial charge in [-0.15, -0.1) is 0 Å². The number of nitrogens with one attached hydrogen (secondary N) is 2. The summed E-state index contributed by atoms with van der Waals surface area (Å²) in [5.41, 5.74) is 4.99. The molecular formula is C33H44N6O. The zero-order chi connectivity index (χ0) is 27.4. The predicted octanol–water partition coefficient (Wildman–Crippen LogP) is 5.59. The van der Waals surface area contributed by atoms with Gasteiger partial charge in [-0.25, -0.2) is 4.98 Å². The summed E-state index contributed by atoms with van der Waals surface area (Å²) in [6.45, 7) is 8.73. The molecular weight excluding hydrogens is 496 g/mol. The number of carbonyl (C=O) groups is 1. The van der Waals surface area contributed by atoms with Crippen LogP contribution >= 0.6 is 0 Å². The van der Waals surface area contributed by atoms with Crippen LogP contribution in [0.4, 0.5) is 5.69 Å². The predicted molar refractivity (Wildman–Crippen MR) is 165 cm³/mol. The lowest BCUT2D eigenvalue weighted by molar-refractivity contribution is -0.116. The summed E-state index contributed by atoms with van der Waals surface area (Å²) < 4.78 is 0. The number of rotatable bonds is 12. The molecule has 1 aromatic carbocycles. The molecule has 0 unspecified atom stereocenters. The van der Waals surface area contributed by atoms with Crippen LogP contribution in [0.2, 0.25) is 0 Å². The van der Waals surface area contributed by atoms with Crippen LogP contribution in [-0.4, -0.2) is 78.0 Å². The SMILES string of the molecule is O=C(/C=C/c1ccc(-c2cc(NCCCN3CCCCC3)c3cnccc3n2)cc1)NCCCN1CCCCC1. The lowest BCUT2D eigenvalue weighted by atomic mass is 10.1. The van der Waals surface area contributed by atoms with Crippen LogP contribution in [-0.2, 0) is 4.79 Å². The summed E-state index contributed by atoms with van der Waals surface area (Å²) in [6.07, 6.45) is 17.3. The Labute approximate surface area is 239 Å². The van der Waals surface area contributed by atoms with Crippen molar-refractivity contribution in [3.8, 4) is 11.3 Å². The van der Waals surface area contributed by atoms with E-state index >= 15 is 0 Å². The van der Waals surface area contributed by atoms with E-state index in [1.54, 1.807) is 12.3 Å². The lowest BCUT2D eigenvalue weighted by Crippen LogP contribution is -2.33. The van der Waals surface area contributed by atoms with E-state index in [0.717, 1.165) is 72.4 Å². The number of hydrogen-bond acceptors (Lipinski definition) is 6. The van der Waals surface area contributed by atoms with Gasteiger partial charge in [0.25, 0.3) is 0 Å². The first-order valence-corrected chi connectivity index (χ1v) is 15.2. The van der Waals surface area contributed by atoms with Gasteiger partial charge in [-0.1, -0.05) is 37.1 Å². The van der Waals surface area contributed by atoms with E-state index in [1.165, 1.54) is 64.7 Å². The van der Waals surface area contributed by atoms with Crippen LogP contribution in [0.15, 0.2) is 54.9 Å². The normalized spacial score (nSPS) is 16.9. The highest BCUT2D eigenvalue weighted by molar-refractivity contribution is 5.93. The van der Waals surface area contributed by atoms with Gasteiger partial charge in [-0.05, 0) is 102 Å². The Morgan fingerprint density at radius 1 is 0.850 bits per heavy atom. The van der Waals surface area contributed by atoms with Crippen LogP contribution in [0.1, 0.15) is 56.9 Å². The van der Waals surface area contributed by atoms with Crippen molar-refractivity contribution in [1.29, 1.82) is 0 Å². The zero-order valence-electron chi connectivity index (χ0n) is 23.8. The maximum atomic E-state index is 12.3. The minimum Gasteiger partial charge on any atom is -0.384 e. The molecule has 0 bridgehead atoms. The van der Waals surface area contributed by atoms with E-state index in [2.05, 4.69) is 43.6 Å². The van der Waals surface area contributed by atoms with E-state index in [0.29, 0.717) is 0 Å². The van der Waals surface area contributed by atoms with Gasteiger partial charge in [0.1, 0.15) is 0 Å². The molecule has 40 heavy (non-hydrogen) atoms. The third kappa shape index (κ3) is 8.35. The average Bonchev–Trinajstić information content (AvgIpc) is 3.01. The van der Waals surface area contributed by atoms with Crippen molar-refractivity contribution in [1.82, 2.24) is 25.1 Å². The van der Waals surface area contributed by atoms with E-state index in [9.17, 15) is 4.79 Å². The minimum atomic E-state index is -0.0384. The Morgan fingerprint density at radius 2 is 1.52 bits per heavy atom. The first kappa shape index (κ1) is 28.2. The minimum absolute atomic E-state index is 0.0384. The number of piperidine rings is 2. The Balaban J connectivity index is 1.14. The van der Waals surface area contributed by atoms with Gasteiger partial charge in [0.05, 0.1) is 11.2 Å². The summed E-state index contributed by atoms with van der Waals surface area (Å²) in [4.78, 5) is 26.6. The second kappa shape index (κ2) is 14.9. The van der Waals surface area contributed by atoms with Gasteiger partial charge in [-0.2, -0.15) is 0 Å². The van der Waals surface area contributed by atoms with Gasteiger partial charge >= 0.3 is 0 Å². The maximum absolute atomic E-state index is 12.3. The molecule has 2 saturated heterocycles. The van der Waals surface area contributed by atoms with Gasteiger partial charge in [0.2, 0.25) is 5.91 Å². The van der Waals surface area contributed by atoms with E-state index < -0.39 is 0 Å². The van der Waals surface area contributed by atoms with Crippen molar-refractivity contribution in [3.05, 3.63) is 60.4 Å². The van der Waals surface area contributed by atoms with E-state index in [-0.39, 0.29) is 5.91 Å². The fourth-order valence-electron chi connectivity index (χ4n) is 5.76. The van der Waals surface area contributed by atoms with Crippen molar-refractivity contribution in [2.24, 2.45) is 0 Å². The molecule has 2 aliphatic heterocycles. The molecule has 0 atom stereocenters. The molecule has 2 aliphatic rings. The number of pyridine rings is 2. The maximum Gasteiger partial charge on any atom is 0.243 e. The van der Waals surface area contributed by atoms with Crippen molar-refractivity contribution in [3.63, 3.8) is 0 Å². The second-order valence-corrected chi connectivity index (χ2v) is 11.1. The topological polar surface area (TPSA) is 73.4 Å². The van der Waals surface area contributed by atoms with Crippen molar-refractivity contribution < 1.29 is 4.79 Å². The molecule has 0 saturated carbocycles. The molecule has 1 amide bonds. The fraction of sp³-hybridized carbons (Fsp3) is 0.485. The van der Waals surface area contributed by atoms with Gasteiger partial charge in [-0.3, -0.25) is 9.78 Å². The number of anilines is 1. The Hall–Kier alpha value is -3.29. The number of amides is 1. The standard InChI is InChI=1S/C33H44N6O/c40-33(36-17-8-24-39-21-5-2-6-22-39)14-11-27-9-12-28(13-10-27)31-25-32(29-26-34-18-15-30(29)37-31)35-16-7-23-38-19-3-1-4-20-38/h9-15,18,25-26H,1-8,16-17,19-24H2,(H,35,37)(H,36,40)/b14-11+. The van der Waals surface area contributed by atoms with Gasteiger partial charge < -0.3 is 20.4 Å². The zero-order valence-corrected chi connectivity index (χ0v) is 23.8. The molecule has 2 fully saturated rings. The largest absolute Gasteiger partial charge is 0.384 e. The number of carbonyl (C=O) groups excluding carboxylic acids is 1. The monoisotopic (exact) mass is 540 g/mol. The molecule has 4 heterocycles. The van der Waals surface area contributed by atoms with Gasteiger partial charge in [0.15, 0.2) is 0 Å². The Kier molecular flexibility index (Phi) is 10.5. The van der Waals surface area contributed by atoms with E-state index in [1.807, 2.05) is 30.5 Å². The molecule has 0 radical (unpaired) electrons. The number of aromatic nitrogens is 2. The van der Waals surface area contributed by atoms with Gasteiger partial charge in [0, 0.05) is 48.2 Å².